The third-order valence-corrected chi connectivity index (χ3v) is 8.69. The summed E-state index contributed by atoms with van der Waals surface area (Å²) in [4.78, 5) is 11.2. The topological polar surface area (TPSA) is 44.8 Å². The minimum Gasteiger partial charge on any atom is -0.466 e. The maximum absolute atomic E-state index is 11.2. The molecule has 1 heterocycles. The number of hydrogen-bond donors (Lipinski definition) is 0. The quantitative estimate of drug-likeness (QED) is 0.454. The second kappa shape index (κ2) is 6.87. The molecule has 0 radical (unpaired) electrons. The molecule has 1 aliphatic rings. The van der Waals surface area contributed by atoms with Gasteiger partial charge in [-0.25, -0.2) is 4.79 Å². The number of esters is 1. The Bertz CT molecular complexity index is 357. The van der Waals surface area contributed by atoms with E-state index in [0.29, 0.717) is 6.61 Å². The van der Waals surface area contributed by atoms with E-state index < -0.39 is 8.32 Å². The molecule has 1 saturated heterocycles. The van der Waals surface area contributed by atoms with Gasteiger partial charge in [0.25, 0.3) is 0 Å². The largest absolute Gasteiger partial charge is 0.466 e. The van der Waals surface area contributed by atoms with E-state index in [-0.39, 0.29) is 23.2 Å². The van der Waals surface area contributed by atoms with E-state index in [1.807, 2.05) is 0 Å². The van der Waals surface area contributed by atoms with Crippen molar-refractivity contribution in [2.75, 3.05) is 13.7 Å². The minimum absolute atomic E-state index is 0.0329. The van der Waals surface area contributed by atoms with Crippen LogP contribution in [0, 0.1) is 0 Å². The molecular weight excluding hydrogens is 272 g/mol. The van der Waals surface area contributed by atoms with Crippen LogP contribution in [0.5, 0.6) is 0 Å². The Morgan fingerprint density at radius 1 is 1.35 bits per heavy atom. The lowest BCUT2D eigenvalue weighted by Gasteiger charge is -2.42. The van der Waals surface area contributed by atoms with Crippen LogP contribution in [-0.4, -0.2) is 40.2 Å². The van der Waals surface area contributed by atoms with Gasteiger partial charge in [0.2, 0.25) is 0 Å². The molecule has 0 unspecified atom stereocenters. The lowest BCUT2D eigenvalue weighted by atomic mass is 10.1. The summed E-state index contributed by atoms with van der Waals surface area (Å²) in [6, 6.07) is 0. The van der Waals surface area contributed by atoms with Crippen LogP contribution >= 0.6 is 0 Å². The van der Waals surface area contributed by atoms with Gasteiger partial charge in [0.1, 0.15) is 6.10 Å². The maximum atomic E-state index is 11.2. The normalized spacial score (nSPS) is 24.9. The third kappa shape index (κ3) is 4.72. The molecule has 116 valence electrons. The molecule has 0 aromatic heterocycles. The van der Waals surface area contributed by atoms with Gasteiger partial charge in [0.05, 0.1) is 13.2 Å². The van der Waals surface area contributed by atoms with Crippen LogP contribution in [0.15, 0.2) is 12.2 Å². The van der Waals surface area contributed by atoms with E-state index in [1.165, 1.54) is 13.2 Å². The number of carbonyl (C=O) groups excluding carboxylic acids is 1. The van der Waals surface area contributed by atoms with Gasteiger partial charge in [-0.15, -0.1) is 0 Å². The van der Waals surface area contributed by atoms with Crippen molar-refractivity contribution in [3.05, 3.63) is 12.2 Å². The summed E-state index contributed by atoms with van der Waals surface area (Å²) in [5.74, 6) is -0.356. The van der Waals surface area contributed by atoms with Crippen LogP contribution in [-0.2, 0) is 18.7 Å². The molecule has 4 nitrogen and oxygen atoms in total. The van der Waals surface area contributed by atoms with Crippen molar-refractivity contribution >= 4 is 14.3 Å². The third-order valence-electron chi connectivity index (χ3n) is 4.19. The maximum Gasteiger partial charge on any atom is 0.330 e. The number of methoxy groups -OCH3 is 1. The molecule has 0 spiro atoms. The predicted octanol–water partition coefficient (Wildman–Crippen LogP) is 3.29. The van der Waals surface area contributed by atoms with Gasteiger partial charge in [-0.3, -0.25) is 0 Å². The Hall–Kier alpha value is -0.653. The van der Waals surface area contributed by atoms with Gasteiger partial charge in [0.15, 0.2) is 8.32 Å². The Morgan fingerprint density at radius 2 is 2.00 bits per heavy atom. The Kier molecular flexibility index (Phi) is 5.98. The van der Waals surface area contributed by atoms with Crippen LogP contribution in [0.25, 0.3) is 0 Å². The Morgan fingerprint density at radius 3 is 2.55 bits per heavy atom. The molecule has 2 atom stereocenters. The SMILES string of the molecule is COC(=O)/C=C/[C@H]1OCCC[C@H]1O[Si](C)(C)C(C)(C)C. The van der Waals surface area contributed by atoms with Crippen molar-refractivity contribution in [1.29, 1.82) is 0 Å². The van der Waals surface area contributed by atoms with Crippen molar-refractivity contribution in [2.45, 2.75) is 64.0 Å². The molecule has 5 heteroatoms. The first-order valence-electron chi connectivity index (χ1n) is 7.23. The van der Waals surface area contributed by atoms with Crippen LogP contribution in [0.1, 0.15) is 33.6 Å². The zero-order valence-electron chi connectivity index (χ0n) is 13.6. The average molecular weight is 300 g/mol. The van der Waals surface area contributed by atoms with Gasteiger partial charge in [-0.05, 0) is 37.0 Å². The second-order valence-corrected chi connectivity index (χ2v) is 11.5. The number of hydrogen-bond acceptors (Lipinski definition) is 4. The molecule has 1 rings (SSSR count). The van der Waals surface area contributed by atoms with Crippen LogP contribution < -0.4 is 0 Å². The van der Waals surface area contributed by atoms with Crippen molar-refractivity contribution in [2.24, 2.45) is 0 Å². The average Bonchev–Trinajstić information content (AvgIpc) is 2.35. The highest BCUT2D eigenvalue weighted by atomic mass is 28.4. The highest BCUT2D eigenvalue weighted by Crippen LogP contribution is 2.38. The van der Waals surface area contributed by atoms with Gasteiger partial charge in [0, 0.05) is 12.7 Å². The minimum atomic E-state index is -1.83. The summed E-state index contributed by atoms with van der Waals surface area (Å²) < 4.78 is 16.8. The van der Waals surface area contributed by atoms with E-state index in [9.17, 15) is 4.79 Å². The van der Waals surface area contributed by atoms with E-state index in [2.05, 4.69) is 38.6 Å². The zero-order chi connectivity index (χ0) is 15.4. The monoisotopic (exact) mass is 300 g/mol. The molecule has 0 N–H and O–H groups in total. The molecule has 0 amide bonds. The summed E-state index contributed by atoms with van der Waals surface area (Å²) in [7, 11) is -0.456. The molecule has 1 aliphatic heterocycles. The first kappa shape index (κ1) is 17.4. The van der Waals surface area contributed by atoms with Gasteiger partial charge >= 0.3 is 5.97 Å². The molecular formula is C15H28O4Si. The Balaban J connectivity index is 2.75. The van der Waals surface area contributed by atoms with Gasteiger partial charge in [-0.1, -0.05) is 20.8 Å². The summed E-state index contributed by atoms with van der Waals surface area (Å²) in [5.41, 5.74) is 0. The van der Waals surface area contributed by atoms with Crippen molar-refractivity contribution < 1.29 is 18.7 Å². The summed E-state index contributed by atoms with van der Waals surface area (Å²) in [6.45, 7) is 11.9. The predicted molar refractivity (Wildman–Crippen MR) is 82.2 cm³/mol. The number of carbonyl (C=O) groups is 1. The summed E-state index contributed by atoms with van der Waals surface area (Å²) in [6.07, 6.45) is 5.05. The zero-order valence-corrected chi connectivity index (χ0v) is 14.6. The first-order valence-corrected chi connectivity index (χ1v) is 10.1. The molecule has 0 aliphatic carbocycles. The molecule has 0 aromatic carbocycles. The van der Waals surface area contributed by atoms with Crippen LogP contribution in [0.2, 0.25) is 18.1 Å². The molecule has 0 saturated carbocycles. The lowest BCUT2D eigenvalue weighted by Crippen LogP contribution is -2.48. The van der Waals surface area contributed by atoms with Crippen molar-refractivity contribution in [3.63, 3.8) is 0 Å². The molecule has 0 aromatic rings. The van der Waals surface area contributed by atoms with Gasteiger partial charge < -0.3 is 13.9 Å². The number of rotatable bonds is 4. The van der Waals surface area contributed by atoms with Crippen LogP contribution in [0.4, 0.5) is 0 Å². The first-order chi connectivity index (χ1) is 9.17. The fourth-order valence-electron chi connectivity index (χ4n) is 1.88. The van der Waals surface area contributed by atoms with E-state index in [1.54, 1.807) is 6.08 Å². The summed E-state index contributed by atoms with van der Waals surface area (Å²) >= 11 is 0. The standard InChI is InChI=1S/C15H28O4Si/c1-15(2,3)20(5,6)19-13-8-7-11-18-12(13)9-10-14(16)17-4/h9-10,12-13H,7-8,11H2,1-6H3/b10-9+/t12-,13-/m1/s1. The second-order valence-electron chi connectivity index (χ2n) is 6.78. The summed E-state index contributed by atoms with van der Waals surface area (Å²) in [5, 5.41) is 0.168. The highest BCUT2D eigenvalue weighted by Gasteiger charge is 2.41. The van der Waals surface area contributed by atoms with E-state index in [0.717, 1.165) is 12.8 Å². The smallest absolute Gasteiger partial charge is 0.330 e. The van der Waals surface area contributed by atoms with E-state index >= 15 is 0 Å². The number of ether oxygens (including phenoxy) is 2. The fourth-order valence-corrected chi connectivity index (χ4v) is 3.24. The van der Waals surface area contributed by atoms with Gasteiger partial charge in [-0.2, -0.15) is 0 Å². The molecule has 1 fully saturated rings. The molecule has 20 heavy (non-hydrogen) atoms. The Labute approximate surface area is 123 Å². The fraction of sp³-hybridized carbons (Fsp3) is 0.800. The van der Waals surface area contributed by atoms with E-state index in [4.69, 9.17) is 9.16 Å². The lowest BCUT2D eigenvalue weighted by molar-refractivity contribution is -0.135. The molecule has 0 bridgehead atoms. The van der Waals surface area contributed by atoms with Crippen molar-refractivity contribution in [3.8, 4) is 0 Å². The highest BCUT2D eigenvalue weighted by molar-refractivity contribution is 6.74. The van der Waals surface area contributed by atoms with Crippen molar-refractivity contribution in [1.82, 2.24) is 0 Å². The van der Waals surface area contributed by atoms with Crippen LogP contribution in [0.3, 0.4) is 0 Å².